The van der Waals surface area contributed by atoms with E-state index in [1.54, 1.807) is 0 Å². The van der Waals surface area contributed by atoms with Crippen LogP contribution >= 0.6 is 11.5 Å². The van der Waals surface area contributed by atoms with E-state index in [1.165, 1.54) is 37.2 Å². The fourth-order valence-corrected chi connectivity index (χ4v) is 3.41. The van der Waals surface area contributed by atoms with Gasteiger partial charge in [-0.05, 0) is 42.3 Å². The van der Waals surface area contributed by atoms with Crippen molar-refractivity contribution in [3.63, 3.8) is 0 Å². The van der Waals surface area contributed by atoms with E-state index in [0.717, 1.165) is 0 Å². The second kappa shape index (κ2) is 3.16. The Morgan fingerprint density at radius 1 is 1.36 bits per heavy atom. The average Bonchev–Trinajstić information content (AvgIpc) is 2.70. The Morgan fingerprint density at radius 2 is 2.07 bits per heavy atom. The maximum atomic E-state index is 12.0. The number of fused-ring (bicyclic) bond motifs is 1. The summed E-state index contributed by atoms with van der Waals surface area (Å²) in [5.74, 6) is 2.05. The molecule has 0 N–H and O–H groups in total. The van der Waals surface area contributed by atoms with Gasteiger partial charge in [0, 0.05) is 11.3 Å². The standard InChI is InChI=1S/C11H13NOS/c13-11(9-5-6-14-12-9)10-7-3-1-2-4-8(7)10/h5-8,10H,1-4H2. The van der Waals surface area contributed by atoms with Crippen molar-refractivity contribution in [3.8, 4) is 0 Å². The van der Waals surface area contributed by atoms with Crippen LogP contribution in [0.5, 0.6) is 0 Å². The molecule has 2 fully saturated rings. The lowest BCUT2D eigenvalue weighted by Gasteiger charge is -2.04. The summed E-state index contributed by atoms with van der Waals surface area (Å²) in [6.45, 7) is 0. The molecule has 1 heterocycles. The van der Waals surface area contributed by atoms with E-state index >= 15 is 0 Å². The van der Waals surface area contributed by atoms with Crippen molar-refractivity contribution in [3.05, 3.63) is 17.1 Å². The maximum absolute atomic E-state index is 12.0. The summed E-state index contributed by atoms with van der Waals surface area (Å²) in [5, 5.41) is 1.89. The van der Waals surface area contributed by atoms with Gasteiger partial charge in [-0.15, -0.1) is 0 Å². The van der Waals surface area contributed by atoms with Crippen LogP contribution in [0, 0.1) is 17.8 Å². The molecule has 0 aromatic carbocycles. The quantitative estimate of drug-likeness (QED) is 0.698. The highest BCUT2D eigenvalue weighted by Crippen LogP contribution is 2.56. The zero-order chi connectivity index (χ0) is 9.54. The van der Waals surface area contributed by atoms with Crippen molar-refractivity contribution in [2.24, 2.45) is 17.8 Å². The highest BCUT2D eigenvalue weighted by molar-refractivity contribution is 7.03. The molecule has 74 valence electrons. The molecular formula is C11H13NOS. The fourth-order valence-electron chi connectivity index (χ4n) is 2.89. The molecule has 0 spiro atoms. The summed E-state index contributed by atoms with van der Waals surface area (Å²) in [6.07, 6.45) is 5.18. The molecule has 2 nitrogen and oxygen atoms in total. The number of hydrogen-bond acceptors (Lipinski definition) is 3. The molecule has 0 amide bonds. The molecule has 14 heavy (non-hydrogen) atoms. The van der Waals surface area contributed by atoms with Gasteiger partial charge in [-0.25, -0.2) is 0 Å². The molecule has 1 aromatic heterocycles. The molecule has 3 heteroatoms. The minimum absolute atomic E-state index is 0.308. The number of hydrogen-bond donors (Lipinski definition) is 0. The molecule has 0 saturated heterocycles. The molecule has 2 aliphatic rings. The van der Waals surface area contributed by atoms with Gasteiger partial charge in [-0.3, -0.25) is 4.79 Å². The third-order valence-corrected chi connectivity index (χ3v) is 4.21. The second-order valence-electron chi connectivity index (χ2n) is 4.39. The van der Waals surface area contributed by atoms with Gasteiger partial charge in [-0.2, -0.15) is 4.37 Å². The Labute approximate surface area is 87.5 Å². The normalized spacial score (nSPS) is 35.0. The molecule has 2 atom stereocenters. The number of rotatable bonds is 2. The number of ketones is 1. The van der Waals surface area contributed by atoms with Gasteiger partial charge < -0.3 is 0 Å². The molecule has 0 radical (unpaired) electrons. The molecular weight excluding hydrogens is 194 g/mol. The first kappa shape index (κ1) is 8.60. The van der Waals surface area contributed by atoms with Crippen molar-refractivity contribution < 1.29 is 4.79 Å². The van der Waals surface area contributed by atoms with Crippen LogP contribution in [0.1, 0.15) is 36.2 Å². The Bertz CT molecular complexity index is 334. The number of aromatic nitrogens is 1. The number of carbonyl (C=O) groups excluding carboxylic acids is 1. The van der Waals surface area contributed by atoms with Gasteiger partial charge in [0.15, 0.2) is 5.78 Å². The van der Waals surface area contributed by atoms with Crippen LogP contribution in [0.2, 0.25) is 0 Å². The minimum atomic E-state index is 0.308. The predicted octanol–water partition coefficient (Wildman–Crippen LogP) is 2.76. The predicted molar refractivity (Wildman–Crippen MR) is 55.4 cm³/mol. The molecule has 2 aliphatic carbocycles. The lowest BCUT2D eigenvalue weighted by atomic mass is 10.0. The van der Waals surface area contributed by atoms with E-state index in [2.05, 4.69) is 4.37 Å². The lowest BCUT2D eigenvalue weighted by Crippen LogP contribution is -2.04. The molecule has 3 rings (SSSR count). The maximum Gasteiger partial charge on any atom is 0.185 e. The highest BCUT2D eigenvalue weighted by Gasteiger charge is 2.54. The van der Waals surface area contributed by atoms with Crippen LogP contribution in [0.3, 0.4) is 0 Å². The van der Waals surface area contributed by atoms with Crippen LogP contribution in [0.25, 0.3) is 0 Å². The van der Waals surface area contributed by atoms with E-state index in [9.17, 15) is 4.79 Å². The van der Waals surface area contributed by atoms with Gasteiger partial charge in [0.2, 0.25) is 0 Å². The molecule has 1 aromatic rings. The van der Waals surface area contributed by atoms with Crippen molar-refractivity contribution in [2.45, 2.75) is 25.7 Å². The molecule has 0 aliphatic heterocycles. The highest BCUT2D eigenvalue weighted by atomic mass is 32.1. The van der Waals surface area contributed by atoms with Crippen LogP contribution in [0.4, 0.5) is 0 Å². The Kier molecular flexibility index (Phi) is 1.94. The SMILES string of the molecule is O=C(c1ccsn1)C1C2CCCCC21. The number of carbonyl (C=O) groups is 1. The zero-order valence-corrected chi connectivity index (χ0v) is 8.80. The van der Waals surface area contributed by atoms with Gasteiger partial charge in [0.05, 0.1) is 0 Å². The minimum Gasteiger partial charge on any atom is -0.292 e. The van der Waals surface area contributed by atoms with Gasteiger partial charge in [0.1, 0.15) is 5.69 Å². The fraction of sp³-hybridized carbons (Fsp3) is 0.636. The van der Waals surface area contributed by atoms with Crippen molar-refractivity contribution in [2.75, 3.05) is 0 Å². The summed E-state index contributed by atoms with van der Waals surface area (Å²) in [7, 11) is 0. The Hall–Kier alpha value is -0.700. The monoisotopic (exact) mass is 207 g/mol. The second-order valence-corrected chi connectivity index (χ2v) is 5.05. The number of Topliss-reactive ketones (excluding diaryl/α,β-unsaturated/α-hetero) is 1. The lowest BCUT2D eigenvalue weighted by molar-refractivity contribution is 0.0952. The van der Waals surface area contributed by atoms with Gasteiger partial charge >= 0.3 is 0 Å². The van der Waals surface area contributed by atoms with Gasteiger partial charge in [0.25, 0.3) is 0 Å². The molecule has 0 bridgehead atoms. The zero-order valence-electron chi connectivity index (χ0n) is 7.98. The first-order valence-electron chi connectivity index (χ1n) is 5.32. The van der Waals surface area contributed by atoms with Crippen LogP contribution < -0.4 is 0 Å². The van der Waals surface area contributed by atoms with E-state index in [-0.39, 0.29) is 0 Å². The van der Waals surface area contributed by atoms with E-state index in [4.69, 9.17) is 0 Å². The Balaban J connectivity index is 1.76. The third-order valence-electron chi connectivity index (χ3n) is 3.65. The van der Waals surface area contributed by atoms with E-state index in [0.29, 0.717) is 29.2 Å². The summed E-state index contributed by atoms with van der Waals surface area (Å²) in [6, 6.07) is 1.86. The smallest absolute Gasteiger partial charge is 0.185 e. The van der Waals surface area contributed by atoms with Crippen molar-refractivity contribution >= 4 is 17.3 Å². The molecule has 2 saturated carbocycles. The van der Waals surface area contributed by atoms with Crippen LogP contribution in [-0.4, -0.2) is 10.2 Å². The first-order valence-corrected chi connectivity index (χ1v) is 6.16. The summed E-state index contributed by atoms with van der Waals surface area (Å²) in [4.78, 5) is 12.0. The summed E-state index contributed by atoms with van der Waals surface area (Å²) < 4.78 is 4.13. The number of nitrogens with zero attached hydrogens (tertiary/aromatic N) is 1. The van der Waals surface area contributed by atoms with Gasteiger partial charge in [-0.1, -0.05) is 12.8 Å². The first-order chi connectivity index (χ1) is 6.88. The van der Waals surface area contributed by atoms with E-state index < -0.39 is 0 Å². The van der Waals surface area contributed by atoms with E-state index in [1.807, 2.05) is 11.4 Å². The summed E-state index contributed by atoms with van der Waals surface area (Å²) in [5.41, 5.74) is 0.703. The van der Waals surface area contributed by atoms with Crippen molar-refractivity contribution in [1.82, 2.24) is 4.37 Å². The van der Waals surface area contributed by atoms with Crippen molar-refractivity contribution in [1.29, 1.82) is 0 Å². The average molecular weight is 207 g/mol. The van der Waals surface area contributed by atoms with Crippen LogP contribution in [-0.2, 0) is 0 Å². The third kappa shape index (κ3) is 1.22. The largest absolute Gasteiger partial charge is 0.292 e. The summed E-state index contributed by atoms with van der Waals surface area (Å²) >= 11 is 1.38. The Morgan fingerprint density at radius 3 is 2.64 bits per heavy atom. The van der Waals surface area contributed by atoms with Crippen LogP contribution in [0.15, 0.2) is 11.4 Å². The molecule has 2 unspecified atom stereocenters. The topological polar surface area (TPSA) is 30.0 Å².